The molecule has 6 nitrogen and oxygen atoms in total. The molecule has 6 heteroatoms. The van der Waals surface area contributed by atoms with E-state index in [2.05, 4.69) is 5.32 Å². The molecule has 1 aliphatic rings. The van der Waals surface area contributed by atoms with Gasteiger partial charge in [0.05, 0.1) is 25.0 Å². The number of hydrogen-bond acceptors (Lipinski definition) is 4. The summed E-state index contributed by atoms with van der Waals surface area (Å²) in [6.45, 7) is 3.79. The average molecular weight is 356 g/mol. The second-order valence-corrected chi connectivity index (χ2v) is 6.52. The first kappa shape index (κ1) is 18.0. The van der Waals surface area contributed by atoms with E-state index in [4.69, 9.17) is 9.15 Å². The number of aryl methyl sites for hydroxylation is 1. The van der Waals surface area contributed by atoms with Crippen LogP contribution in [0.15, 0.2) is 47.1 Å². The number of amides is 2. The van der Waals surface area contributed by atoms with E-state index >= 15 is 0 Å². The van der Waals surface area contributed by atoms with Gasteiger partial charge in [0.15, 0.2) is 0 Å². The molecule has 1 aromatic heterocycles. The fraction of sp³-hybridized carbons (Fsp3) is 0.400. The van der Waals surface area contributed by atoms with Crippen molar-refractivity contribution in [2.24, 2.45) is 5.92 Å². The summed E-state index contributed by atoms with van der Waals surface area (Å²) >= 11 is 0. The summed E-state index contributed by atoms with van der Waals surface area (Å²) in [6, 6.07) is 11.4. The van der Waals surface area contributed by atoms with Gasteiger partial charge in [0, 0.05) is 13.1 Å². The van der Waals surface area contributed by atoms with Crippen LogP contribution in [0.4, 0.5) is 0 Å². The van der Waals surface area contributed by atoms with Crippen LogP contribution in [0.25, 0.3) is 0 Å². The van der Waals surface area contributed by atoms with Gasteiger partial charge < -0.3 is 19.4 Å². The van der Waals surface area contributed by atoms with Crippen molar-refractivity contribution in [2.45, 2.75) is 19.8 Å². The lowest BCUT2D eigenvalue weighted by molar-refractivity contribution is -0.131. The highest BCUT2D eigenvalue weighted by atomic mass is 16.5. The summed E-state index contributed by atoms with van der Waals surface area (Å²) < 4.78 is 10.9. The largest absolute Gasteiger partial charge is 0.493 e. The monoisotopic (exact) mass is 356 g/mol. The standard InChI is InChI=1S/C20H24N2O4/c1-15-18(9-12-25-15)20(24)21-13-19(23)22-10-7-16(8-11-22)14-26-17-5-3-2-4-6-17/h2-6,9,12,16H,7-8,10-11,13-14H2,1H3,(H,21,24). The molecule has 26 heavy (non-hydrogen) atoms. The van der Waals surface area contributed by atoms with Crippen LogP contribution < -0.4 is 10.1 Å². The van der Waals surface area contributed by atoms with Gasteiger partial charge in [-0.3, -0.25) is 9.59 Å². The molecule has 1 N–H and O–H groups in total. The van der Waals surface area contributed by atoms with E-state index in [1.165, 1.54) is 6.26 Å². The molecule has 138 valence electrons. The Morgan fingerprint density at radius 2 is 1.92 bits per heavy atom. The summed E-state index contributed by atoms with van der Waals surface area (Å²) in [7, 11) is 0. The molecular weight excluding hydrogens is 332 g/mol. The van der Waals surface area contributed by atoms with Gasteiger partial charge in [-0.2, -0.15) is 0 Å². The number of piperidine rings is 1. The highest BCUT2D eigenvalue weighted by molar-refractivity contribution is 5.97. The second kappa shape index (κ2) is 8.56. The fourth-order valence-electron chi connectivity index (χ4n) is 3.06. The first-order valence-corrected chi connectivity index (χ1v) is 8.91. The Morgan fingerprint density at radius 1 is 1.19 bits per heavy atom. The molecule has 0 aliphatic carbocycles. The molecule has 2 aromatic rings. The van der Waals surface area contributed by atoms with Gasteiger partial charge in [-0.25, -0.2) is 0 Å². The van der Waals surface area contributed by atoms with E-state index in [-0.39, 0.29) is 18.4 Å². The normalized spacial score (nSPS) is 14.9. The minimum Gasteiger partial charge on any atom is -0.493 e. The summed E-state index contributed by atoms with van der Waals surface area (Å²) in [5, 5.41) is 2.67. The third-order valence-corrected chi connectivity index (χ3v) is 4.70. The van der Waals surface area contributed by atoms with Gasteiger partial charge in [-0.1, -0.05) is 18.2 Å². The predicted octanol–water partition coefficient (Wildman–Crippen LogP) is 2.64. The van der Waals surface area contributed by atoms with E-state index in [1.54, 1.807) is 13.0 Å². The Hall–Kier alpha value is -2.76. The van der Waals surface area contributed by atoms with Gasteiger partial charge in [0.1, 0.15) is 11.5 Å². The van der Waals surface area contributed by atoms with Crippen LogP contribution in [0.5, 0.6) is 5.75 Å². The summed E-state index contributed by atoms with van der Waals surface area (Å²) in [5.74, 6) is 1.54. The van der Waals surface area contributed by atoms with Crippen LogP contribution in [0.1, 0.15) is 29.0 Å². The van der Waals surface area contributed by atoms with E-state index < -0.39 is 0 Å². The Bertz CT molecular complexity index is 733. The van der Waals surface area contributed by atoms with Crippen LogP contribution in [-0.2, 0) is 4.79 Å². The molecule has 1 aliphatic heterocycles. The van der Waals surface area contributed by atoms with Gasteiger partial charge in [-0.05, 0) is 43.9 Å². The van der Waals surface area contributed by atoms with Crippen molar-refractivity contribution in [3.05, 3.63) is 54.0 Å². The summed E-state index contributed by atoms with van der Waals surface area (Å²) in [5.41, 5.74) is 0.467. The van der Waals surface area contributed by atoms with Gasteiger partial charge in [-0.15, -0.1) is 0 Å². The van der Waals surface area contributed by atoms with Crippen molar-refractivity contribution in [1.29, 1.82) is 0 Å². The first-order chi connectivity index (χ1) is 12.6. The third kappa shape index (κ3) is 4.65. The number of likely N-dealkylation sites (tertiary alicyclic amines) is 1. The summed E-state index contributed by atoms with van der Waals surface area (Å²) in [4.78, 5) is 26.1. The molecule has 2 heterocycles. The van der Waals surface area contributed by atoms with Crippen LogP contribution in [0.2, 0.25) is 0 Å². The fourth-order valence-corrected chi connectivity index (χ4v) is 3.06. The number of para-hydroxylation sites is 1. The van der Waals surface area contributed by atoms with Crippen LogP contribution in [0, 0.1) is 12.8 Å². The molecule has 1 saturated heterocycles. The minimum atomic E-state index is -0.282. The van der Waals surface area contributed by atoms with E-state index in [9.17, 15) is 9.59 Å². The zero-order chi connectivity index (χ0) is 18.4. The Labute approximate surface area is 153 Å². The predicted molar refractivity (Wildman–Crippen MR) is 97.0 cm³/mol. The topological polar surface area (TPSA) is 71.8 Å². The molecule has 2 amide bonds. The maximum absolute atomic E-state index is 12.3. The molecule has 0 spiro atoms. The molecule has 1 fully saturated rings. The molecule has 0 bridgehead atoms. The Kier molecular flexibility index (Phi) is 5.94. The van der Waals surface area contributed by atoms with Crippen molar-refractivity contribution in [1.82, 2.24) is 10.2 Å². The van der Waals surface area contributed by atoms with Crippen molar-refractivity contribution in [3.8, 4) is 5.75 Å². The number of rotatable bonds is 6. The number of benzene rings is 1. The molecule has 0 atom stereocenters. The number of nitrogens with zero attached hydrogens (tertiary/aromatic N) is 1. The number of ether oxygens (including phenoxy) is 1. The lowest BCUT2D eigenvalue weighted by Gasteiger charge is -2.32. The Balaban J connectivity index is 1.38. The highest BCUT2D eigenvalue weighted by Crippen LogP contribution is 2.19. The molecule has 0 unspecified atom stereocenters. The zero-order valence-electron chi connectivity index (χ0n) is 14.9. The first-order valence-electron chi connectivity index (χ1n) is 8.91. The summed E-state index contributed by atoms with van der Waals surface area (Å²) in [6.07, 6.45) is 3.29. The number of furan rings is 1. The van der Waals surface area contributed by atoms with Gasteiger partial charge in [0.25, 0.3) is 5.91 Å². The quantitative estimate of drug-likeness (QED) is 0.864. The average Bonchev–Trinajstić information content (AvgIpc) is 3.11. The molecule has 1 aromatic carbocycles. The maximum atomic E-state index is 12.3. The maximum Gasteiger partial charge on any atom is 0.255 e. The zero-order valence-corrected chi connectivity index (χ0v) is 14.9. The molecule has 3 rings (SSSR count). The molecule has 0 saturated carbocycles. The van der Waals surface area contributed by atoms with Crippen LogP contribution >= 0.6 is 0 Å². The van der Waals surface area contributed by atoms with Crippen molar-refractivity contribution >= 4 is 11.8 Å². The molecule has 0 radical (unpaired) electrons. The second-order valence-electron chi connectivity index (χ2n) is 6.52. The smallest absolute Gasteiger partial charge is 0.255 e. The van der Waals surface area contributed by atoms with E-state index in [0.29, 0.717) is 36.9 Å². The lowest BCUT2D eigenvalue weighted by atomic mass is 9.98. The van der Waals surface area contributed by atoms with Gasteiger partial charge >= 0.3 is 0 Å². The van der Waals surface area contributed by atoms with E-state index in [1.807, 2.05) is 35.2 Å². The van der Waals surface area contributed by atoms with Crippen molar-refractivity contribution < 1.29 is 18.7 Å². The highest BCUT2D eigenvalue weighted by Gasteiger charge is 2.23. The number of hydrogen-bond donors (Lipinski definition) is 1. The lowest BCUT2D eigenvalue weighted by Crippen LogP contribution is -2.44. The van der Waals surface area contributed by atoms with Crippen molar-refractivity contribution in [2.75, 3.05) is 26.2 Å². The number of nitrogens with one attached hydrogen (secondary N) is 1. The molecular formula is C20H24N2O4. The van der Waals surface area contributed by atoms with Gasteiger partial charge in [0.2, 0.25) is 5.91 Å². The van der Waals surface area contributed by atoms with Crippen LogP contribution in [-0.4, -0.2) is 43.0 Å². The number of carbonyl (C=O) groups excluding carboxylic acids is 2. The number of carbonyl (C=O) groups is 2. The van der Waals surface area contributed by atoms with Crippen LogP contribution in [0.3, 0.4) is 0 Å². The van der Waals surface area contributed by atoms with E-state index in [0.717, 1.165) is 18.6 Å². The third-order valence-electron chi connectivity index (χ3n) is 4.70. The van der Waals surface area contributed by atoms with Crippen molar-refractivity contribution in [3.63, 3.8) is 0 Å². The Morgan fingerprint density at radius 3 is 2.58 bits per heavy atom. The SMILES string of the molecule is Cc1occc1C(=O)NCC(=O)N1CCC(COc2ccccc2)CC1. The minimum absolute atomic E-state index is 0.00857.